The summed E-state index contributed by atoms with van der Waals surface area (Å²) in [6.45, 7) is 6.07. The Bertz CT molecular complexity index is 591. The number of carbonyl (C=O) groups is 1. The molecule has 1 heterocycles. The third-order valence-electron chi connectivity index (χ3n) is 3.07. The summed E-state index contributed by atoms with van der Waals surface area (Å²) in [5.74, 6) is 0.223. The minimum Gasteiger partial charge on any atom is -0.327 e. The van der Waals surface area contributed by atoms with Gasteiger partial charge in [-0.25, -0.2) is 4.98 Å². The Balaban J connectivity index is 2.07. The van der Waals surface area contributed by atoms with E-state index in [1.807, 2.05) is 32.9 Å². The Morgan fingerprint density at radius 1 is 1.47 bits per heavy atom. The average molecular weight is 277 g/mol. The van der Waals surface area contributed by atoms with E-state index in [1.165, 1.54) is 16.9 Å². The van der Waals surface area contributed by atoms with Crippen molar-refractivity contribution < 1.29 is 4.79 Å². The Morgan fingerprint density at radius 2 is 2.21 bits per heavy atom. The normalized spacial score (nSPS) is 12.9. The van der Waals surface area contributed by atoms with Crippen LogP contribution in [0.25, 0.3) is 10.2 Å². The molecule has 0 aliphatic heterocycles. The number of nitrogens with two attached hydrogens (primary N) is 1. The molecule has 1 amide bonds. The maximum absolute atomic E-state index is 11.8. The molecule has 102 valence electrons. The van der Waals surface area contributed by atoms with E-state index < -0.39 is 0 Å². The molecular weight excluding hydrogens is 258 g/mol. The summed E-state index contributed by atoms with van der Waals surface area (Å²) in [5.41, 5.74) is 7.99. The van der Waals surface area contributed by atoms with Crippen LogP contribution in [0.5, 0.6) is 0 Å². The van der Waals surface area contributed by atoms with E-state index in [1.54, 1.807) is 0 Å². The third-order valence-corrected chi connectivity index (χ3v) is 4.00. The van der Waals surface area contributed by atoms with Gasteiger partial charge in [-0.15, -0.1) is 0 Å². The lowest BCUT2D eigenvalue weighted by molar-refractivity contribution is -0.116. The lowest BCUT2D eigenvalue weighted by atomic mass is 10.0. The van der Waals surface area contributed by atoms with Crippen LogP contribution in [-0.4, -0.2) is 16.9 Å². The number of nitrogens with zero attached hydrogens (tertiary/aromatic N) is 1. The Morgan fingerprint density at radius 3 is 2.89 bits per heavy atom. The van der Waals surface area contributed by atoms with E-state index in [9.17, 15) is 4.79 Å². The summed E-state index contributed by atoms with van der Waals surface area (Å²) >= 11 is 1.49. The van der Waals surface area contributed by atoms with Crippen molar-refractivity contribution in [3.05, 3.63) is 23.8 Å². The summed E-state index contributed by atoms with van der Waals surface area (Å²) in [7, 11) is 0. The lowest BCUT2D eigenvalue weighted by Gasteiger charge is -2.14. The molecule has 2 aromatic rings. The van der Waals surface area contributed by atoms with Crippen molar-refractivity contribution >= 4 is 32.6 Å². The molecule has 0 radical (unpaired) electrons. The number of carbonyl (C=O) groups excluding carboxylic acids is 1. The largest absolute Gasteiger partial charge is 0.327 e. The van der Waals surface area contributed by atoms with E-state index in [0.29, 0.717) is 17.5 Å². The predicted octanol–water partition coefficient (Wildman–Crippen LogP) is 2.92. The maximum Gasteiger partial charge on any atom is 0.227 e. The van der Waals surface area contributed by atoms with Crippen LogP contribution in [0, 0.1) is 12.8 Å². The molecule has 0 saturated carbocycles. The molecule has 0 spiro atoms. The zero-order valence-electron chi connectivity index (χ0n) is 11.4. The highest BCUT2D eigenvalue weighted by atomic mass is 32.1. The molecular formula is C14H19N3OS. The number of aryl methyl sites for hydroxylation is 1. The number of benzene rings is 1. The van der Waals surface area contributed by atoms with Gasteiger partial charge in [0.15, 0.2) is 5.13 Å². The highest BCUT2D eigenvalue weighted by molar-refractivity contribution is 7.22. The fourth-order valence-electron chi connectivity index (χ4n) is 1.71. The first-order valence-corrected chi connectivity index (χ1v) is 7.20. The first-order chi connectivity index (χ1) is 8.95. The van der Waals surface area contributed by atoms with Crippen molar-refractivity contribution in [2.24, 2.45) is 11.7 Å². The second kappa shape index (κ2) is 5.67. The molecule has 1 aromatic heterocycles. The number of rotatable bonds is 4. The zero-order valence-corrected chi connectivity index (χ0v) is 12.3. The third kappa shape index (κ3) is 3.52. The maximum atomic E-state index is 11.8. The van der Waals surface area contributed by atoms with Crippen LogP contribution >= 0.6 is 11.3 Å². The molecule has 2 rings (SSSR count). The van der Waals surface area contributed by atoms with Gasteiger partial charge >= 0.3 is 0 Å². The van der Waals surface area contributed by atoms with Crippen molar-refractivity contribution in [1.82, 2.24) is 4.98 Å². The minimum atomic E-state index is -0.114. The summed E-state index contributed by atoms with van der Waals surface area (Å²) in [5, 5.41) is 3.47. The molecule has 0 aliphatic carbocycles. The molecule has 1 unspecified atom stereocenters. The summed E-state index contributed by atoms with van der Waals surface area (Å²) in [6, 6.07) is 5.94. The highest BCUT2D eigenvalue weighted by Gasteiger charge is 2.14. The quantitative estimate of drug-likeness (QED) is 0.903. The second-order valence-corrected chi connectivity index (χ2v) is 6.18. The monoisotopic (exact) mass is 277 g/mol. The van der Waals surface area contributed by atoms with Gasteiger partial charge in [-0.05, 0) is 30.5 Å². The van der Waals surface area contributed by atoms with Crippen LogP contribution in [0.3, 0.4) is 0 Å². The van der Waals surface area contributed by atoms with Gasteiger partial charge in [0.1, 0.15) is 0 Å². The van der Waals surface area contributed by atoms with Crippen molar-refractivity contribution in [2.45, 2.75) is 33.2 Å². The molecule has 0 fully saturated rings. The van der Waals surface area contributed by atoms with Crippen LogP contribution in [-0.2, 0) is 4.79 Å². The minimum absolute atomic E-state index is 0.0722. The molecule has 4 nitrogen and oxygen atoms in total. The Hall–Kier alpha value is -1.46. The first kappa shape index (κ1) is 14.0. The van der Waals surface area contributed by atoms with Crippen molar-refractivity contribution in [3.63, 3.8) is 0 Å². The van der Waals surface area contributed by atoms with Crippen molar-refractivity contribution in [2.75, 3.05) is 5.32 Å². The molecule has 3 N–H and O–H groups in total. The topological polar surface area (TPSA) is 68.0 Å². The molecule has 1 atom stereocenters. The first-order valence-electron chi connectivity index (χ1n) is 6.38. The summed E-state index contributed by atoms with van der Waals surface area (Å²) in [6.07, 6.45) is 0.326. The van der Waals surface area contributed by atoms with Gasteiger partial charge in [0, 0.05) is 12.5 Å². The van der Waals surface area contributed by atoms with E-state index in [4.69, 9.17) is 5.73 Å². The molecule has 19 heavy (non-hydrogen) atoms. The van der Waals surface area contributed by atoms with Crippen LogP contribution in [0.2, 0.25) is 0 Å². The Kier molecular flexibility index (Phi) is 4.17. The number of hydrogen-bond acceptors (Lipinski definition) is 4. The van der Waals surface area contributed by atoms with Crippen LogP contribution in [0.4, 0.5) is 5.13 Å². The van der Waals surface area contributed by atoms with Crippen LogP contribution in [0.15, 0.2) is 18.2 Å². The van der Waals surface area contributed by atoms with Gasteiger partial charge in [0.2, 0.25) is 5.91 Å². The van der Waals surface area contributed by atoms with Gasteiger partial charge in [-0.3, -0.25) is 4.79 Å². The number of fused-ring (bicyclic) bond motifs is 1. The molecule has 5 heteroatoms. The number of anilines is 1. The Labute approximate surface area is 117 Å². The number of thiazole rings is 1. The SMILES string of the molecule is Cc1ccc2nc(NC(=O)CC(N)C(C)C)sc2c1. The molecule has 1 aromatic carbocycles. The van der Waals surface area contributed by atoms with E-state index >= 15 is 0 Å². The van der Waals surface area contributed by atoms with E-state index in [0.717, 1.165) is 10.2 Å². The predicted molar refractivity (Wildman–Crippen MR) is 80.4 cm³/mol. The van der Waals surface area contributed by atoms with E-state index in [2.05, 4.69) is 16.4 Å². The number of hydrogen-bond donors (Lipinski definition) is 2. The van der Waals surface area contributed by atoms with Gasteiger partial charge in [0.25, 0.3) is 0 Å². The van der Waals surface area contributed by atoms with Gasteiger partial charge < -0.3 is 11.1 Å². The van der Waals surface area contributed by atoms with Crippen LogP contribution in [0.1, 0.15) is 25.8 Å². The van der Waals surface area contributed by atoms with Crippen LogP contribution < -0.4 is 11.1 Å². The molecule has 0 saturated heterocycles. The average Bonchev–Trinajstić information content (AvgIpc) is 2.69. The van der Waals surface area contributed by atoms with Gasteiger partial charge in [0.05, 0.1) is 10.2 Å². The summed E-state index contributed by atoms with van der Waals surface area (Å²) < 4.78 is 1.09. The highest BCUT2D eigenvalue weighted by Crippen LogP contribution is 2.26. The second-order valence-electron chi connectivity index (χ2n) is 5.15. The molecule has 0 bridgehead atoms. The standard InChI is InChI=1S/C14H19N3OS/c1-8(2)10(15)7-13(18)17-14-16-11-5-4-9(3)6-12(11)19-14/h4-6,8,10H,7,15H2,1-3H3,(H,16,17,18). The zero-order chi connectivity index (χ0) is 14.0. The smallest absolute Gasteiger partial charge is 0.227 e. The summed E-state index contributed by atoms with van der Waals surface area (Å²) in [4.78, 5) is 16.2. The fourth-order valence-corrected chi connectivity index (χ4v) is 2.69. The number of nitrogens with one attached hydrogen (secondary N) is 1. The van der Waals surface area contributed by atoms with E-state index in [-0.39, 0.29) is 11.9 Å². The fraction of sp³-hybridized carbons (Fsp3) is 0.429. The number of amides is 1. The van der Waals surface area contributed by atoms with Crippen molar-refractivity contribution in [3.8, 4) is 0 Å². The van der Waals surface area contributed by atoms with Gasteiger partial charge in [-0.2, -0.15) is 0 Å². The van der Waals surface area contributed by atoms with Gasteiger partial charge in [-0.1, -0.05) is 31.3 Å². The number of aromatic nitrogens is 1. The lowest BCUT2D eigenvalue weighted by Crippen LogP contribution is -2.31. The molecule has 0 aliphatic rings. The van der Waals surface area contributed by atoms with Crippen molar-refractivity contribution in [1.29, 1.82) is 0 Å².